The fraction of sp³-hybridized carbons (Fsp3) is 0.469. The van der Waals surface area contributed by atoms with Crippen LogP contribution in [0, 0.1) is 17.8 Å². The molecule has 2 aliphatic rings. The summed E-state index contributed by atoms with van der Waals surface area (Å²) in [5.74, 6) is 8.11. The average molecular weight is 561 g/mol. The van der Waals surface area contributed by atoms with E-state index in [9.17, 15) is 4.79 Å². The quantitative estimate of drug-likeness (QED) is 0.280. The minimum absolute atomic E-state index is 0.140. The summed E-state index contributed by atoms with van der Waals surface area (Å²) >= 11 is 1.82. The zero-order valence-electron chi connectivity index (χ0n) is 23.8. The minimum Gasteiger partial charge on any atom is -0.495 e. The monoisotopic (exact) mass is 560 g/mol. The van der Waals surface area contributed by atoms with Gasteiger partial charge in [-0.05, 0) is 73.2 Å². The lowest BCUT2D eigenvalue weighted by atomic mass is 10.0. The maximum absolute atomic E-state index is 12.0. The topological polar surface area (TPSA) is 74.9 Å². The van der Waals surface area contributed by atoms with Gasteiger partial charge in [-0.3, -0.25) is 4.79 Å². The van der Waals surface area contributed by atoms with Crippen LogP contribution in [0.25, 0.3) is 10.1 Å². The van der Waals surface area contributed by atoms with Gasteiger partial charge in [0.15, 0.2) is 0 Å². The molecular formula is C32H40N4O3S. The third-order valence-electron chi connectivity index (χ3n) is 7.83. The van der Waals surface area contributed by atoms with Crippen molar-refractivity contribution in [3.8, 4) is 17.6 Å². The largest absolute Gasteiger partial charge is 0.495 e. The predicted molar refractivity (Wildman–Crippen MR) is 165 cm³/mol. The van der Waals surface area contributed by atoms with E-state index in [4.69, 9.17) is 9.47 Å². The Kier molecular flexibility index (Phi) is 9.48. The number of amides is 1. The van der Waals surface area contributed by atoms with Crippen LogP contribution in [-0.2, 0) is 11.2 Å². The highest BCUT2D eigenvalue weighted by atomic mass is 32.1. The van der Waals surface area contributed by atoms with E-state index in [-0.39, 0.29) is 5.91 Å². The van der Waals surface area contributed by atoms with Gasteiger partial charge in [-0.25, -0.2) is 0 Å². The third kappa shape index (κ3) is 6.90. The molecule has 1 aliphatic carbocycles. The first kappa shape index (κ1) is 28.3. The molecule has 8 heteroatoms. The van der Waals surface area contributed by atoms with Crippen LogP contribution < -0.4 is 20.7 Å². The van der Waals surface area contributed by atoms with E-state index in [2.05, 4.69) is 50.9 Å². The van der Waals surface area contributed by atoms with Crippen LogP contribution in [0.3, 0.4) is 0 Å². The van der Waals surface area contributed by atoms with Crippen LogP contribution in [0.5, 0.6) is 5.75 Å². The van der Waals surface area contributed by atoms with Crippen molar-refractivity contribution < 1.29 is 14.3 Å². The fourth-order valence-electron chi connectivity index (χ4n) is 5.33. The zero-order valence-corrected chi connectivity index (χ0v) is 24.6. The van der Waals surface area contributed by atoms with Crippen molar-refractivity contribution >= 4 is 38.7 Å². The Bertz CT molecular complexity index is 1380. The number of nitrogens with zero attached hydrogens (tertiary/aromatic N) is 1. The number of fused-ring (bicyclic) bond motifs is 1. The van der Waals surface area contributed by atoms with Crippen molar-refractivity contribution in [1.29, 1.82) is 0 Å². The number of piperidine rings is 1. The summed E-state index contributed by atoms with van der Waals surface area (Å²) in [7, 11) is 5.00. The molecule has 0 bridgehead atoms. The Morgan fingerprint density at radius 2 is 1.93 bits per heavy atom. The molecule has 0 atom stereocenters. The van der Waals surface area contributed by atoms with Gasteiger partial charge in [0.2, 0.25) is 0 Å². The Balaban J connectivity index is 1.30. The molecule has 1 amide bonds. The molecule has 1 saturated carbocycles. The molecule has 2 fully saturated rings. The highest BCUT2D eigenvalue weighted by Crippen LogP contribution is 2.41. The van der Waals surface area contributed by atoms with E-state index in [1.807, 2.05) is 17.4 Å². The Morgan fingerprint density at radius 3 is 2.65 bits per heavy atom. The number of anilines is 2. The van der Waals surface area contributed by atoms with Crippen LogP contribution in [0.15, 0.2) is 36.4 Å². The van der Waals surface area contributed by atoms with Gasteiger partial charge in [-0.1, -0.05) is 24.0 Å². The SMILES string of the molecule is CNC(=O)c1ccc(NCC#Cc2sc3c(NC4CCN(CCOC)CC4)cccc3c2CC2CC2)c(OC)c1. The lowest BCUT2D eigenvalue weighted by molar-refractivity contribution is 0.0962. The normalized spacial score (nSPS) is 15.9. The molecule has 212 valence electrons. The van der Waals surface area contributed by atoms with Crippen LogP contribution >= 0.6 is 11.3 Å². The smallest absolute Gasteiger partial charge is 0.251 e. The van der Waals surface area contributed by atoms with E-state index in [1.54, 1.807) is 33.4 Å². The van der Waals surface area contributed by atoms with Gasteiger partial charge in [0, 0.05) is 45.4 Å². The number of nitrogens with one attached hydrogen (secondary N) is 3. The van der Waals surface area contributed by atoms with Crippen LogP contribution in [0.4, 0.5) is 11.4 Å². The van der Waals surface area contributed by atoms with Crippen molar-refractivity contribution in [3.05, 3.63) is 52.4 Å². The number of hydrogen-bond acceptors (Lipinski definition) is 7. The van der Waals surface area contributed by atoms with E-state index in [0.717, 1.165) is 57.1 Å². The number of likely N-dealkylation sites (tertiary alicyclic amines) is 1. The van der Waals surface area contributed by atoms with Crippen LogP contribution in [0.2, 0.25) is 0 Å². The van der Waals surface area contributed by atoms with Gasteiger partial charge < -0.3 is 30.3 Å². The summed E-state index contributed by atoms with van der Waals surface area (Å²) in [6, 6.07) is 12.6. The molecule has 5 rings (SSSR count). The number of thiophene rings is 1. The summed E-state index contributed by atoms with van der Waals surface area (Å²) < 4.78 is 12.1. The van der Waals surface area contributed by atoms with Gasteiger partial charge in [0.25, 0.3) is 5.91 Å². The summed E-state index contributed by atoms with van der Waals surface area (Å²) in [4.78, 5) is 15.6. The fourth-order valence-corrected chi connectivity index (χ4v) is 6.51. The maximum Gasteiger partial charge on any atom is 0.251 e. The lowest BCUT2D eigenvalue weighted by Crippen LogP contribution is -2.40. The maximum atomic E-state index is 12.0. The second-order valence-electron chi connectivity index (χ2n) is 10.6. The molecule has 1 aliphatic heterocycles. The average Bonchev–Trinajstić information content (AvgIpc) is 3.75. The summed E-state index contributed by atoms with van der Waals surface area (Å²) in [5, 5.41) is 11.2. The van der Waals surface area contributed by atoms with E-state index < -0.39 is 0 Å². The van der Waals surface area contributed by atoms with Crippen molar-refractivity contribution in [2.24, 2.45) is 5.92 Å². The number of methoxy groups -OCH3 is 2. The van der Waals surface area contributed by atoms with Crippen LogP contribution in [-0.4, -0.2) is 70.9 Å². The molecule has 0 spiro atoms. The van der Waals surface area contributed by atoms with E-state index in [0.29, 0.717) is 23.9 Å². The number of hydrogen-bond donors (Lipinski definition) is 3. The molecule has 1 aromatic heterocycles. The highest BCUT2D eigenvalue weighted by molar-refractivity contribution is 7.20. The lowest BCUT2D eigenvalue weighted by Gasteiger charge is -2.32. The molecule has 0 radical (unpaired) electrons. The van der Waals surface area contributed by atoms with Crippen molar-refractivity contribution in [2.45, 2.75) is 38.1 Å². The first-order valence-electron chi connectivity index (χ1n) is 14.2. The standard InChI is InChI=1S/C32H40N4O3S/c1-33-32(37)23-11-12-27(29(21-23)39-3)34-15-5-8-30-26(20-22-9-10-22)25-6-4-7-28(31(25)40-30)35-24-13-16-36(17-14-24)18-19-38-2/h4,6-7,11-12,21-22,24,34-35H,9-10,13-20H2,1-3H3,(H,33,37). The summed E-state index contributed by atoms with van der Waals surface area (Å²) in [6.45, 7) is 4.51. The number of carbonyl (C=O) groups excluding carboxylic acids is 1. The van der Waals surface area contributed by atoms with E-state index >= 15 is 0 Å². The Morgan fingerprint density at radius 1 is 1.10 bits per heavy atom. The van der Waals surface area contributed by atoms with Gasteiger partial charge >= 0.3 is 0 Å². The first-order valence-corrected chi connectivity index (χ1v) is 15.1. The zero-order chi connectivity index (χ0) is 27.9. The number of rotatable bonds is 11. The van der Waals surface area contributed by atoms with Crippen molar-refractivity contribution in [1.82, 2.24) is 10.2 Å². The van der Waals surface area contributed by atoms with Crippen LogP contribution in [0.1, 0.15) is 46.5 Å². The second kappa shape index (κ2) is 13.4. The highest BCUT2D eigenvalue weighted by Gasteiger charge is 2.26. The molecule has 1 saturated heterocycles. The predicted octanol–water partition coefficient (Wildman–Crippen LogP) is 5.21. The minimum atomic E-state index is -0.140. The van der Waals surface area contributed by atoms with Gasteiger partial charge in [0.1, 0.15) is 5.75 Å². The molecule has 2 aromatic carbocycles. The summed E-state index contributed by atoms with van der Waals surface area (Å²) in [6.07, 6.45) is 6.03. The number of benzene rings is 2. The molecule has 40 heavy (non-hydrogen) atoms. The molecular weight excluding hydrogens is 520 g/mol. The summed E-state index contributed by atoms with van der Waals surface area (Å²) in [5.41, 5.74) is 4.02. The molecule has 3 aromatic rings. The Hall–Kier alpha value is -3.25. The van der Waals surface area contributed by atoms with Gasteiger partial charge in [-0.2, -0.15) is 0 Å². The first-order chi connectivity index (χ1) is 19.6. The number of carbonyl (C=O) groups is 1. The second-order valence-corrected chi connectivity index (χ2v) is 11.7. The van der Waals surface area contributed by atoms with E-state index in [1.165, 1.54) is 39.1 Å². The van der Waals surface area contributed by atoms with Gasteiger partial charge in [-0.15, -0.1) is 11.3 Å². The number of ether oxygens (including phenoxy) is 2. The van der Waals surface area contributed by atoms with Crippen molar-refractivity contribution in [3.63, 3.8) is 0 Å². The third-order valence-corrected chi connectivity index (χ3v) is 9.02. The Labute approximate surface area is 241 Å². The molecule has 3 N–H and O–H groups in total. The molecule has 2 heterocycles. The molecule has 7 nitrogen and oxygen atoms in total. The van der Waals surface area contributed by atoms with Gasteiger partial charge in [0.05, 0.1) is 41.2 Å². The molecule has 0 unspecified atom stereocenters. The van der Waals surface area contributed by atoms with Crippen molar-refractivity contribution in [2.75, 3.05) is 64.7 Å².